The Morgan fingerprint density at radius 2 is 1.96 bits per heavy atom. The van der Waals surface area contributed by atoms with Crippen LogP contribution in [0.25, 0.3) is 10.9 Å². The molecule has 1 fully saturated rings. The normalized spacial score (nSPS) is 18.1. The molecule has 1 atom stereocenters. The van der Waals surface area contributed by atoms with Crippen LogP contribution in [-0.4, -0.2) is 52.6 Å². The van der Waals surface area contributed by atoms with Gasteiger partial charge in [0.1, 0.15) is 11.6 Å². The van der Waals surface area contributed by atoms with Gasteiger partial charge in [-0.1, -0.05) is 13.3 Å². The monoisotopic (exact) mass is 374 g/mol. The summed E-state index contributed by atoms with van der Waals surface area (Å²) < 4.78 is 15.5. The first kappa shape index (κ1) is 20.0. The fourth-order valence-electron chi connectivity index (χ4n) is 4.05. The van der Waals surface area contributed by atoms with Gasteiger partial charge in [0.25, 0.3) is 5.56 Å². The standard InChI is InChI=1S/C21H31FN4O/c1-5-7-19(25-11-6-10-24(4)12-13-25)20-23-18-9-8-16(22)14-17(18)21(27)26(20)15(2)3/h8-9,14-15,19H,5-7,10-13H2,1-4H3/t19-/m1/s1. The Labute approximate surface area is 160 Å². The van der Waals surface area contributed by atoms with Crippen LogP contribution in [0, 0.1) is 5.82 Å². The van der Waals surface area contributed by atoms with E-state index in [1.807, 2.05) is 13.8 Å². The largest absolute Gasteiger partial charge is 0.305 e. The van der Waals surface area contributed by atoms with Crippen molar-refractivity contribution >= 4 is 10.9 Å². The van der Waals surface area contributed by atoms with Crippen molar-refractivity contribution in [3.63, 3.8) is 0 Å². The summed E-state index contributed by atoms with van der Waals surface area (Å²) in [4.78, 5) is 22.9. The van der Waals surface area contributed by atoms with Crippen LogP contribution in [0.5, 0.6) is 0 Å². The molecule has 6 heteroatoms. The van der Waals surface area contributed by atoms with Gasteiger partial charge in [-0.2, -0.15) is 0 Å². The van der Waals surface area contributed by atoms with E-state index >= 15 is 0 Å². The molecule has 0 spiro atoms. The molecule has 1 aromatic carbocycles. The summed E-state index contributed by atoms with van der Waals surface area (Å²) in [6.07, 6.45) is 3.09. The Balaban J connectivity index is 2.14. The van der Waals surface area contributed by atoms with Gasteiger partial charge in [-0.15, -0.1) is 0 Å². The quantitative estimate of drug-likeness (QED) is 0.802. The lowest BCUT2D eigenvalue weighted by Gasteiger charge is -2.32. The summed E-state index contributed by atoms with van der Waals surface area (Å²) in [5, 5.41) is 0.360. The average Bonchev–Trinajstić information content (AvgIpc) is 2.84. The number of benzene rings is 1. The highest BCUT2D eigenvalue weighted by Crippen LogP contribution is 2.28. The summed E-state index contributed by atoms with van der Waals surface area (Å²) in [5.74, 6) is 0.422. The van der Waals surface area contributed by atoms with Gasteiger partial charge in [-0.05, 0) is 58.5 Å². The predicted octanol–water partition coefficient (Wildman–Crippen LogP) is 3.60. The second kappa shape index (κ2) is 8.48. The van der Waals surface area contributed by atoms with Crippen LogP contribution in [-0.2, 0) is 0 Å². The molecule has 0 unspecified atom stereocenters. The number of hydrogen-bond acceptors (Lipinski definition) is 4. The van der Waals surface area contributed by atoms with Crippen molar-refractivity contribution in [2.45, 2.75) is 52.1 Å². The van der Waals surface area contributed by atoms with E-state index in [0.717, 1.165) is 51.3 Å². The minimum absolute atomic E-state index is 0.0262. The van der Waals surface area contributed by atoms with Crippen LogP contribution < -0.4 is 5.56 Å². The zero-order valence-corrected chi connectivity index (χ0v) is 16.9. The van der Waals surface area contributed by atoms with E-state index in [1.165, 1.54) is 12.1 Å². The smallest absolute Gasteiger partial charge is 0.261 e. The Kier molecular flexibility index (Phi) is 6.27. The third-order valence-electron chi connectivity index (χ3n) is 5.46. The van der Waals surface area contributed by atoms with E-state index < -0.39 is 5.82 Å². The minimum Gasteiger partial charge on any atom is -0.305 e. The fourth-order valence-corrected chi connectivity index (χ4v) is 4.05. The maximum Gasteiger partial charge on any atom is 0.261 e. The molecule has 0 N–H and O–H groups in total. The molecule has 1 saturated heterocycles. The summed E-state index contributed by atoms with van der Waals surface area (Å²) in [6, 6.07) is 4.39. The summed E-state index contributed by atoms with van der Waals surface area (Å²) >= 11 is 0. The molecule has 27 heavy (non-hydrogen) atoms. The van der Waals surface area contributed by atoms with Gasteiger partial charge < -0.3 is 4.90 Å². The Hall–Kier alpha value is -1.79. The fraction of sp³-hybridized carbons (Fsp3) is 0.619. The van der Waals surface area contributed by atoms with Crippen molar-refractivity contribution in [1.82, 2.24) is 19.4 Å². The Morgan fingerprint density at radius 1 is 1.19 bits per heavy atom. The van der Waals surface area contributed by atoms with E-state index in [0.29, 0.717) is 10.9 Å². The predicted molar refractivity (Wildman–Crippen MR) is 108 cm³/mol. The maximum absolute atomic E-state index is 13.7. The molecule has 0 amide bonds. The first-order chi connectivity index (χ1) is 12.9. The Morgan fingerprint density at radius 3 is 2.67 bits per heavy atom. The number of hydrogen-bond donors (Lipinski definition) is 0. The zero-order valence-electron chi connectivity index (χ0n) is 16.9. The topological polar surface area (TPSA) is 41.4 Å². The molecule has 2 aromatic rings. The third kappa shape index (κ3) is 4.22. The van der Waals surface area contributed by atoms with Gasteiger partial charge in [0.05, 0.1) is 16.9 Å². The second-order valence-corrected chi connectivity index (χ2v) is 7.90. The molecular formula is C21H31FN4O. The highest BCUT2D eigenvalue weighted by atomic mass is 19.1. The second-order valence-electron chi connectivity index (χ2n) is 7.90. The van der Waals surface area contributed by atoms with Crippen LogP contribution in [0.1, 0.15) is 57.9 Å². The molecule has 148 valence electrons. The van der Waals surface area contributed by atoms with Crippen LogP contribution in [0.3, 0.4) is 0 Å². The molecule has 3 rings (SSSR count). The summed E-state index contributed by atoms with van der Waals surface area (Å²) in [6.45, 7) is 10.3. The number of aromatic nitrogens is 2. The molecule has 5 nitrogen and oxygen atoms in total. The average molecular weight is 375 g/mol. The number of halogens is 1. The SMILES string of the molecule is CCC[C@H](c1nc2ccc(F)cc2c(=O)n1C(C)C)N1CCCN(C)CC1. The van der Waals surface area contributed by atoms with Gasteiger partial charge in [-0.3, -0.25) is 14.3 Å². The van der Waals surface area contributed by atoms with Gasteiger partial charge in [0.2, 0.25) is 0 Å². The van der Waals surface area contributed by atoms with Crippen LogP contribution in [0.15, 0.2) is 23.0 Å². The summed E-state index contributed by atoms with van der Waals surface area (Å²) in [7, 11) is 2.16. The van der Waals surface area contributed by atoms with Gasteiger partial charge in [-0.25, -0.2) is 9.37 Å². The van der Waals surface area contributed by atoms with E-state index in [4.69, 9.17) is 4.98 Å². The van der Waals surface area contributed by atoms with Crippen LogP contribution >= 0.6 is 0 Å². The molecule has 0 saturated carbocycles. The highest BCUT2D eigenvalue weighted by molar-refractivity contribution is 5.77. The number of rotatable bonds is 5. The van der Waals surface area contributed by atoms with E-state index in [2.05, 4.69) is 23.8 Å². The molecule has 2 heterocycles. The van der Waals surface area contributed by atoms with Crippen molar-refractivity contribution in [2.75, 3.05) is 33.2 Å². The Bertz CT molecular complexity index is 848. The van der Waals surface area contributed by atoms with Crippen LogP contribution in [0.2, 0.25) is 0 Å². The number of likely N-dealkylation sites (N-methyl/N-ethyl adjacent to an activating group) is 1. The van der Waals surface area contributed by atoms with Crippen LogP contribution in [0.4, 0.5) is 4.39 Å². The highest BCUT2D eigenvalue weighted by Gasteiger charge is 2.27. The maximum atomic E-state index is 13.7. The molecule has 0 radical (unpaired) electrons. The third-order valence-corrected chi connectivity index (χ3v) is 5.46. The van der Waals surface area contributed by atoms with Crippen molar-refractivity contribution in [1.29, 1.82) is 0 Å². The number of nitrogens with zero attached hydrogens (tertiary/aromatic N) is 4. The lowest BCUT2D eigenvalue weighted by Crippen LogP contribution is -2.38. The van der Waals surface area contributed by atoms with Gasteiger partial charge in [0, 0.05) is 25.7 Å². The van der Waals surface area contributed by atoms with Gasteiger partial charge in [0.15, 0.2) is 0 Å². The lowest BCUT2D eigenvalue weighted by molar-refractivity contribution is 0.178. The summed E-state index contributed by atoms with van der Waals surface area (Å²) in [5.41, 5.74) is 0.443. The molecule has 1 aliphatic rings. The van der Waals surface area contributed by atoms with E-state index in [1.54, 1.807) is 10.6 Å². The molecule has 0 aliphatic carbocycles. The van der Waals surface area contributed by atoms with Gasteiger partial charge >= 0.3 is 0 Å². The van der Waals surface area contributed by atoms with Crippen molar-refractivity contribution in [2.24, 2.45) is 0 Å². The van der Waals surface area contributed by atoms with Crippen molar-refractivity contribution in [3.8, 4) is 0 Å². The molecule has 1 aromatic heterocycles. The first-order valence-electron chi connectivity index (χ1n) is 10.1. The van der Waals surface area contributed by atoms with E-state index in [9.17, 15) is 9.18 Å². The van der Waals surface area contributed by atoms with Crippen molar-refractivity contribution in [3.05, 3.63) is 40.2 Å². The van der Waals surface area contributed by atoms with Crippen molar-refractivity contribution < 1.29 is 4.39 Å². The number of fused-ring (bicyclic) bond motifs is 1. The molecule has 0 bridgehead atoms. The lowest BCUT2D eigenvalue weighted by atomic mass is 10.1. The zero-order chi connectivity index (χ0) is 19.6. The van der Waals surface area contributed by atoms with E-state index in [-0.39, 0.29) is 17.6 Å². The molecule has 1 aliphatic heterocycles. The molecular weight excluding hydrogens is 343 g/mol. The first-order valence-corrected chi connectivity index (χ1v) is 10.1. The minimum atomic E-state index is -0.398.